The Morgan fingerprint density at radius 1 is 0.291 bits per heavy atom. The molecule has 0 aliphatic carbocycles. The summed E-state index contributed by atoms with van der Waals surface area (Å²) in [4.78, 5) is 2.41. The van der Waals surface area contributed by atoms with Crippen molar-refractivity contribution in [2.75, 3.05) is 4.90 Å². The molecule has 0 bridgehead atoms. The van der Waals surface area contributed by atoms with Crippen LogP contribution in [0.2, 0.25) is 0 Å². The van der Waals surface area contributed by atoms with Crippen molar-refractivity contribution < 1.29 is 0 Å². The number of nitrogens with zero attached hydrogens (tertiary/aromatic N) is 1. The van der Waals surface area contributed by atoms with Crippen molar-refractivity contribution in [3.8, 4) is 33.4 Å². The van der Waals surface area contributed by atoms with Crippen LogP contribution < -0.4 is 4.90 Å². The van der Waals surface area contributed by atoms with Gasteiger partial charge in [0, 0.05) is 57.3 Å². The third-order valence-corrected chi connectivity index (χ3v) is 13.2. The van der Waals surface area contributed by atoms with Crippen LogP contribution in [-0.2, 0) is 0 Å². The van der Waals surface area contributed by atoms with Crippen LogP contribution in [0.3, 0.4) is 0 Å². The van der Waals surface area contributed by atoms with Gasteiger partial charge < -0.3 is 4.90 Å². The molecule has 0 atom stereocenters. The molecule has 1 nitrogen and oxygen atoms in total. The van der Waals surface area contributed by atoms with Gasteiger partial charge in [-0.15, -0.1) is 22.7 Å². The summed E-state index contributed by atoms with van der Waals surface area (Å²) in [7, 11) is 0. The molecule has 11 rings (SSSR count). The summed E-state index contributed by atoms with van der Waals surface area (Å²) in [6.07, 6.45) is 0. The second-order valence-electron chi connectivity index (χ2n) is 14.1. The van der Waals surface area contributed by atoms with E-state index in [1.54, 1.807) is 0 Å². The number of thiophene rings is 2. The lowest BCUT2D eigenvalue weighted by molar-refractivity contribution is 1.28. The Labute approximate surface area is 327 Å². The molecule has 2 aromatic heterocycles. The maximum absolute atomic E-state index is 2.41. The first-order valence-corrected chi connectivity index (χ1v) is 20.3. The Kier molecular flexibility index (Phi) is 7.61. The van der Waals surface area contributed by atoms with E-state index in [0.29, 0.717) is 0 Å². The summed E-state index contributed by atoms with van der Waals surface area (Å²) in [6.45, 7) is 0. The van der Waals surface area contributed by atoms with E-state index in [2.05, 4.69) is 205 Å². The molecule has 0 aliphatic heterocycles. The summed E-state index contributed by atoms with van der Waals surface area (Å²) in [6, 6.07) is 73.5. The first kappa shape index (κ1) is 32.0. The highest BCUT2D eigenvalue weighted by molar-refractivity contribution is 7.26. The molecule has 0 amide bonds. The normalized spacial score (nSPS) is 11.6. The monoisotopic (exact) mass is 735 g/mol. The SMILES string of the molecule is c1ccc(N(c2ccc(-c3ccc4c(c3)sc3ccccc34)cc2)c2ccc(-c3cccc4ccccc34)cc2)c(-c2ccc3sc4ccccc4c3c2)c1. The third-order valence-electron chi connectivity index (χ3n) is 10.9. The van der Waals surface area contributed by atoms with Crippen molar-refractivity contribution in [1.82, 2.24) is 0 Å². The van der Waals surface area contributed by atoms with E-state index in [4.69, 9.17) is 0 Å². The van der Waals surface area contributed by atoms with E-state index in [-0.39, 0.29) is 0 Å². The van der Waals surface area contributed by atoms with Crippen molar-refractivity contribution in [1.29, 1.82) is 0 Å². The number of benzene rings is 9. The lowest BCUT2D eigenvalue weighted by Crippen LogP contribution is -2.11. The molecule has 0 fully saturated rings. The zero-order valence-corrected chi connectivity index (χ0v) is 31.4. The average Bonchev–Trinajstić information content (AvgIpc) is 3.82. The maximum Gasteiger partial charge on any atom is 0.0540 e. The van der Waals surface area contributed by atoms with Crippen LogP contribution in [0.25, 0.3) is 84.5 Å². The highest BCUT2D eigenvalue weighted by atomic mass is 32.1. The largest absolute Gasteiger partial charge is 0.310 e. The van der Waals surface area contributed by atoms with E-state index < -0.39 is 0 Å². The fourth-order valence-corrected chi connectivity index (χ4v) is 10.4. The van der Waals surface area contributed by atoms with Crippen LogP contribution in [0.1, 0.15) is 0 Å². The summed E-state index contributed by atoms with van der Waals surface area (Å²) < 4.78 is 5.28. The van der Waals surface area contributed by atoms with E-state index in [1.807, 2.05) is 22.7 Å². The quantitative estimate of drug-likeness (QED) is 0.164. The lowest BCUT2D eigenvalue weighted by Gasteiger charge is -2.28. The van der Waals surface area contributed by atoms with Gasteiger partial charge >= 0.3 is 0 Å². The van der Waals surface area contributed by atoms with Gasteiger partial charge in [0.05, 0.1) is 5.69 Å². The lowest BCUT2D eigenvalue weighted by atomic mass is 9.97. The van der Waals surface area contributed by atoms with Crippen LogP contribution in [0.15, 0.2) is 200 Å². The summed E-state index contributed by atoms with van der Waals surface area (Å²) in [5, 5.41) is 7.79. The first-order valence-electron chi connectivity index (χ1n) is 18.7. The van der Waals surface area contributed by atoms with Crippen LogP contribution in [-0.4, -0.2) is 0 Å². The zero-order chi connectivity index (χ0) is 36.3. The summed E-state index contributed by atoms with van der Waals surface area (Å²) >= 11 is 3.73. The predicted molar refractivity (Wildman–Crippen MR) is 241 cm³/mol. The number of para-hydroxylation sites is 1. The van der Waals surface area contributed by atoms with E-state index >= 15 is 0 Å². The van der Waals surface area contributed by atoms with Crippen molar-refractivity contribution >= 4 is 90.9 Å². The highest BCUT2D eigenvalue weighted by Crippen LogP contribution is 2.44. The predicted octanol–water partition coefficient (Wildman–Crippen LogP) is 16.0. The Hall–Kier alpha value is -6.52. The fourth-order valence-electron chi connectivity index (χ4n) is 8.21. The molecule has 258 valence electrons. The van der Waals surface area contributed by atoms with Crippen molar-refractivity contribution in [2.45, 2.75) is 0 Å². The van der Waals surface area contributed by atoms with Crippen LogP contribution >= 0.6 is 22.7 Å². The Balaban J connectivity index is 1.04. The third kappa shape index (κ3) is 5.51. The smallest absolute Gasteiger partial charge is 0.0540 e. The van der Waals surface area contributed by atoms with Gasteiger partial charge in [-0.3, -0.25) is 0 Å². The summed E-state index contributed by atoms with van der Waals surface area (Å²) in [5.74, 6) is 0. The van der Waals surface area contributed by atoms with Crippen LogP contribution in [0.4, 0.5) is 17.1 Å². The Bertz CT molecular complexity index is 3200. The molecule has 2 heterocycles. The maximum atomic E-state index is 2.41. The molecule has 0 spiro atoms. The van der Waals surface area contributed by atoms with E-state index in [0.717, 1.165) is 17.1 Å². The fraction of sp³-hybridized carbons (Fsp3) is 0. The van der Waals surface area contributed by atoms with Gasteiger partial charge in [-0.1, -0.05) is 140 Å². The van der Waals surface area contributed by atoms with Gasteiger partial charge in [-0.05, 0) is 99.3 Å². The number of fused-ring (bicyclic) bond motifs is 7. The van der Waals surface area contributed by atoms with Gasteiger partial charge in [0.1, 0.15) is 0 Å². The molecule has 0 radical (unpaired) electrons. The molecule has 0 aliphatic rings. The second kappa shape index (κ2) is 13.1. The minimum atomic E-state index is 1.11. The topological polar surface area (TPSA) is 3.24 Å². The van der Waals surface area contributed by atoms with Gasteiger partial charge in [0.2, 0.25) is 0 Å². The Morgan fingerprint density at radius 2 is 0.818 bits per heavy atom. The van der Waals surface area contributed by atoms with Crippen LogP contribution in [0.5, 0.6) is 0 Å². The molecule has 55 heavy (non-hydrogen) atoms. The Morgan fingerprint density at radius 3 is 1.60 bits per heavy atom. The second-order valence-corrected chi connectivity index (χ2v) is 16.3. The van der Waals surface area contributed by atoms with Crippen LogP contribution in [0, 0.1) is 0 Å². The highest BCUT2D eigenvalue weighted by Gasteiger charge is 2.19. The van der Waals surface area contributed by atoms with Gasteiger partial charge in [0.25, 0.3) is 0 Å². The number of anilines is 3. The van der Waals surface area contributed by atoms with Crippen molar-refractivity contribution in [3.63, 3.8) is 0 Å². The van der Waals surface area contributed by atoms with Gasteiger partial charge in [-0.25, -0.2) is 0 Å². The van der Waals surface area contributed by atoms with Crippen molar-refractivity contribution in [2.24, 2.45) is 0 Å². The molecular formula is C52H33NS2. The summed E-state index contributed by atoms with van der Waals surface area (Å²) in [5.41, 5.74) is 10.6. The molecule has 0 unspecified atom stereocenters. The number of hydrogen-bond donors (Lipinski definition) is 0. The molecule has 3 heteroatoms. The van der Waals surface area contributed by atoms with Gasteiger partial charge in [-0.2, -0.15) is 0 Å². The van der Waals surface area contributed by atoms with E-state index in [9.17, 15) is 0 Å². The minimum absolute atomic E-state index is 1.11. The molecule has 9 aromatic carbocycles. The zero-order valence-electron chi connectivity index (χ0n) is 29.8. The molecule has 0 N–H and O–H groups in total. The molecular weight excluding hydrogens is 703 g/mol. The van der Waals surface area contributed by atoms with E-state index in [1.165, 1.54) is 84.5 Å². The number of rotatable bonds is 6. The molecule has 0 saturated carbocycles. The molecule has 11 aromatic rings. The molecule has 0 saturated heterocycles. The van der Waals surface area contributed by atoms with Crippen molar-refractivity contribution in [3.05, 3.63) is 200 Å². The standard InChI is InChI=1S/C52H33NS2/c1-2-12-41-35(10-1)11-9-16-42(41)36-22-28-40(29-23-36)53(39-26-20-34(21-27-39)37-24-30-46-44-14-4-7-18-49(44)55-52(46)33-37)48-17-6-3-13-43(48)38-25-31-51-47(32-38)45-15-5-8-19-50(45)54-51/h1-33H. The first-order chi connectivity index (χ1) is 27.2. The van der Waals surface area contributed by atoms with Gasteiger partial charge in [0.15, 0.2) is 0 Å². The minimum Gasteiger partial charge on any atom is -0.310 e. The number of hydrogen-bond acceptors (Lipinski definition) is 3. The average molecular weight is 736 g/mol.